The molecule has 0 spiro atoms. The number of aromatic nitrogens is 1. The van der Waals surface area contributed by atoms with Gasteiger partial charge in [0.05, 0.1) is 5.56 Å². The minimum absolute atomic E-state index is 0.134. The van der Waals surface area contributed by atoms with Crippen LogP contribution in [0.5, 0.6) is 0 Å². The number of pyridine rings is 1. The quantitative estimate of drug-likeness (QED) is 0.784. The van der Waals surface area contributed by atoms with Gasteiger partial charge in [-0.1, -0.05) is 0 Å². The Balaban J connectivity index is 1.32. The van der Waals surface area contributed by atoms with Crippen LogP contribution in [0, 0.1) is 11.8 Å². The minimum atomic E-state index is -4.36. The van der Waals surface area contributed by atoms with Gasteiger partial charge in [0.15, 0.2) is 6.10 Å². The monoisotopic (exact) mass is 392 g/mol. The van der Waals surface area contributed by atoms with Gasteiger partial charge in [-0.25, -0.2) is 9.98 Å². The molecule has 3 aliphatic rings. The Morgan fingerprint density at radius 2 is 1.96 bits per heavy atom. The standard InChI is InChI=1S/C19H22BF3N3O2/c1-28-15(19(21,22)23)10-4-6-13(7-5-10)25-18(27)12-8-14-17(24-9-12)26-16(20-14)11-2-3-11/h8-11,13,15H,2-7H2,1H3,(H,25,27). The van der Waals surface area contributed by atoms with Crippen molar-refractivity contribution in [2.24, 2.45) is 16.8 Å². The van der Waals surface area contributed by atoms with Crippen LogP contribution in [0.25, 0.3) is 0 Å². The van der Waals surface area contributed by atoms with E-state index in [-0.39, 0.29) is 11.9 Å². The zero-order valence-electron chi connectivity index (χ0n) is 15.6. The fourth-order valence-electron chi connectivity index (χ4n) is 4.13. The van der Waals surface area contributed by atoms with Crippen LogP contribution in [0.2, 0.25) is 0 Å². The number of hydrogen-bond acceptors (Lipinski definition) is 4. The molecule has 0 bridgehead atoms. The van der Waals surface area contributed by atoms with Crippen LogP contribution >= 0.6 is 0 Å². The summed E-state index contributed by atoms with van der Waals surface area (Å²) in [7, 11) is 3.09. The number of nitrogens with zero attached hydrogens (tertiary/aromatic N) is 2. The molecule has 4 rings (SSSR count). The Morgan fingerprint density at radius 1 is 1.25 bits per heavy atom. The first-order valence-corrected chi connectivity index (χ1v) is 9.69. The number of nitrogens with one attached hydrogen (secondary N) is 1. The maximum atomic E-state index is 13.0. The third kappa shape index (κ3) is 4.09. The van der Waals surface area contributed by atoms with E-state index in [2.05, 4.69) is 20.0 Å². The molecular weight excluding hydrogens is 370 g/mol. The second kappa shape index (κ2) is 7.50. The van der Waals surface area contributed by atoms with Crippen molar-refractivity contribution in [1.29, 1.82) is 0 Å². The smallest absolute Gasteiger partial charge is 0.372 e. The van der Waals surface area contributed by atoms with Crippen molar-refractivity contribution in [3.05, 3.63) is 17.8 Å². The SMILES string of the molecule is COC(C1CCC(NC(=O)c2cnc3c(c2)[B]C(C2CC2)=N3)CC1)C(F)(F)F. The van der Waals surface area contributed by atoms with Crippen molar-refractivity contribution in [2.75, 3.05) is 7.11 Å². The van der Waals surface area contributed by atoms with E-state index in [4.69, 9.17) is 0 Å². The van der Waals surface area contributed by atoms with Crippen LogP contribution in [0.3, 0.4) is 0 Å². The molecule has 1 unspecified atom stereocenters. The molecule has 1 aromatic rings. The summed E-state index contributed by atoms with van der Waals surface area (Å²) in [5.41, 5.74) is 2.34. The van der Waals surface area contributed by atoms with Gasteiger partial charge in [-0.15, -0.1) is 0 Å². The fourth-order valence-corrected chi connectivity index (χ4v) is 4.13. The Hall–Kier alpha value is -1.90. The first kappa shape index (κ1) is 19.4. The molecule has 0 aromatic carbocycles. The highest BCUT2D eigenvalue weighted by molar-refractivity contribution is 6.88. The molecule has 1 aliphatic heterocycles. The molecule has 9 heteroatoms. The van der Waals surface area contributed by atoms with E-state index >= 15 is 0 Å². The molecule has 149 valence electrons. The predicted molar refractivity (Wildman–Crippen MR) is 99.5 cm³/mol. The van der Waals surface area contributed by atoms with E-state index in [9.17, 15) is 18.0 Å². The Bertz CT molecular complexity index is 787. The van der Waals surface area contributed by atoms with Gasteiger partial charge >= 0.3 is 6.18 Å². The highest BCUT2D eigenvalue weighted by Crippen LogP contribution is 2.36. The Kier molecular flexibility index (Phi) is 5.20. The van der Waals surface area contributed by atoms with Gasteiger partial charge in [0.2, 0.25) is 7.28 Å². The number of rotatable bonds is 5. The second-order valence-electron chi connectivity index (χ2n) is 7.88. The molecule has 1 amide bonds. The van der Waals surface area contributed by atoms with E-state index in [0.29, 0.717) is 43.0 Å². The van der Waals surface area contributed by atoms with E-state index in [1.165, 1.54) is 6.20 Å². The first-order valence-electron chi connectivity index (χ1n) is 9.69. The number of fused-ring (bicyclic) bond motifs is 1. The summed E-state index contributed by atoms with van der Waals surface area (Å²) >= 11 is 0. The summed E-state index contributed by atoms with van der Waals surface area (Å²) in [4.78, 5) is 21.3. The maximum Gasteiger partial charge on any atom is 0.414 e. The topological polar surface area (TPSA) is 63.6 Å². The third-order valence-corrected chi connectivity index (χ3v) is 5.80. The highest BCUT2D eigenvalue weighted by Gasteiger charge is 2.46. The van der Waals surface area contributed by atoms with Crippen molar-refractivity contribution in [2.45, 2.75) is 56.8 Å². The van der Waals surface area contributed by atoms with Crippen molar-refractivity contribution < 1.29 is 22.7 Å². The number of amides is 1. The number of carbonyl (C=O) groups excluding carboxylic acids is 1. The maximum absolute atomic E-state index is 13.0. The number of carbonyl (C=O) groups is 1. The largest absolute Gasteiger partial charge is 0.414 e. The van der Waals surface area contributed by atoms with Crippen LogP contribution in [0.15, 0.2) is 17.3 Å². The zero-order valence-corrected chi connectivity index (χ0v) is 15.6. The molecule has 2 heterocycles. The summed E-state index contributed by atoms with van der Waals surface area (Å²) in [5, 5.41) is 2.94. The van der Waals surface area contributed by atoms with E-state index in [0.717, 1.165) is 31.0 Å². The number of ether oxygens (including phenoxy) is 1. The normalized spacial score (nSPS) is 25.5. The fraction of sp³-hybridized carbons (Fsp3) is 0.632. The predicted octanol–water partition coefficient (Wildman–Crippen LogP) is 2.73. The molecule has 2 aliphatic carbocycles. The van der Waals surface area contributed by atoms with Crippen molar-refractivity contribution in [1.82, 2.24) is 10.3 Å². The van der Waals surface area contributed by atoms with Crippen molar-refractivity contribution in [3.8, 4) is 0 Å². The molecular formula is C19H22BF3N3O2. The first-order chi connectivity index (χ1) is 13.3. The van der Waals surface area contributed by atoms with Crippen LogP contribution in [-0.4, -0.2) is 49.2 Å². The number of aliphatic imine (C=N–C) groups is 1. The molecule has 1 radical (unpaired) electrons. The molecule has 1 atom stereocenters. The van der Waals surface area contributed by atoms with Crippen LogP contribution in [0.4, 0.5) is 19.0 Å². The number of hydrogen-bond donors (Lipinski definition) is 1. The molecule has 0 saturated heterocycles. The van der Waals surface area contributed by atoms with E-state index in [1.807, 2.05) is 7.28 Å². The van der Waals surface area contributed by atoms with E-state index in [1.54, 1.807) is 6.07 Å². The lowest BCUT2D eigenvalue weighted by Gasteiger charge is -2.34. The molecule has 5 nitrogen and oxygen atoms in total. The van der Waals surface area contributed by atoms with Crippen molar-refractivity contribution in [3.63, 3.8) is 0 Å². The zero-order chi connectivity index (χ0) is 19.9. The summed E-state index contributed by atoms with van der Waals surface area (Å²) in [6.45, 7) is 0. The van der Waals surface area contributed by atoms with E-state index < -0.39 is 18.2 Å². The lowest BCUT2D eigenvalue weighted by atomic mass is 9.66. The van der Waals surface area contributed by atoms with Gasteiger partial charge in [-0.05, 0) is 67.5 Å². The molecule has 1 N–H and O–H groups in total. The second-order valence-corrected chi connectivity index (χ2v) is 7.88. The Morgan fingerprint density at radius 3 is 2.57 bits per heavy atom. The molecule has 2 saturated carbocycles. The van der Waals surface area contributed by atoms with Crippen LogP contribution < -0.4 is 10.8 Å². The molecule has 2 fully saturated rings. The molecule has 1 aromatic heterocycles. The van der Waals surface area contributed by atoms with Gasteiger partial charge < -0.3 is 10.1 Å². The number of methoxy groups -OCH3 is 1. The van der Waals surface area contributed by atoms with Crippen molar-refractivity contribution >= 4 is 30.1 Å². The number of halogens is 3. The third-order valence-electron chi connectivity index (χ3n) is 5.80. The van der Waals surface area contributed by atoms with Gasteiger partial charge in [-0.3, -0.25) is 4.79 Å². The van der Waals surface area contributed by atoms with Crippen LogP contribution in [-0.2, 0) is 4.74 Å². The van der Waals surface area contributed by atoms with Gasteiger partial charge in [-0.2, -0.15) is 13.2 Å². The summed E-state index contributed by atoms with van der Waals surface area (Å²) < 4.78 is 43.7. The minimum Gasteiger partial charge on any atom is -0.372 e. The average molecular weight is 392 g/mol. The highest BCUT2D eigenvalue weighted by atomic mass is 19.4. The number of alkyl halides is 3. The van der Waals surface area contributed by atoms with Gasteiger partial charge in [0.25, 0.3) is 5.91 Å². The summed E-state index contributed by atoms with van der Waals surface area (Å²) in [5.74, 6) is 0.365. The lowest BCUT2D eigenvalue weighted by Crippen LogP contribution is -2.43. The Labute approximate surface area is 162 Å². The van der Waals surface area contributed by atoms with Gasteiger partial charge in [0.1, 0.15) is 5.82 Å². The van der Waals surface area contributed by atoms with Crippen LogP contribution in [0.1, 0.15) is 48.9 Å². The summed E-state index contributed by atoms with van der Waals surface area (Å²) in [6.07, 6.45) is -0.523. The summed E-state index contributed by atoms with van der Waals surface area (Å²) in [6, 6.07) is 1.65. The van der Waals surface area contributed by atoms with Gasteiger partial charge in [0, 0.05) is 19.3 Å². The molecule has 28 heavy (non-hydrogen) atoms. The average Bonchev–Trinajstić information content (AvgIpc) is 3.41. The lowest BCUT2D eigenvalue weighted by molar-refractivity contribution is -0.231.